The van der Waals surface area contributed by atoms with Crippen molar-refractivity contribution < 1.29 is 22.7 Å². The van der Waals surface area contributed by atoms with Crippen LogP contribution in [0.1, 0.15) is 69.3 Å². The maximum Gasteiger partial charge on any atom is 0.216 e. The largest absolute Gasteiger partial charge is 0.455 e. The lowest BCUT2D eigenvalue weighted by atomic mass is 9.82. The number of benzene rings is 3. The van der Waals surface area contributed by atoms with Gasteiger partial charge in [-0.1, -0.05) is 69.9 Å². The van der Waals surface area contributed by atoms with E-state index in [1.165, 1.54) is 12.1 Å². The van der Waals surface area contributed by atoms with Crippen LogP contribution in [0.4, 0.5) is 0 Å². The van der Waals surface area contributed by atoms with Crippen molar-refractivity contribution >= 4 is 21.9 Å². The molecular formula is C31H30NO+. The molecule has 0 spiro atoms. The van der Waals surface area contributed by atoms with Crippen molar-refractivity contribution in [2.75, 3.05) is 0 Å². The molecule has 6 rings (SSSR count). The molecule has 33 heavy (non-hydrogen) atoms. The molecule has 0 radical (unpaired) electrons. The minimum Gasteiger partial charge on any atom is -0.455 e. The van der Waals surface area contributed by atoms with E-state index in [2.05, 4.69) is 0 Å². The lowest BCUT2D eigenvalue weighted by Gasteiger charge is -2.21. The second kappa shape index (κ2) is 6.81. The highest BCUT2D eigenvalue weighted by atomic mass is 16.3. The van der Waals surface area contributed by atoms with Gasteiger partial charge in [0, 0.05) is 47.6 Å². The van der Waals surface area contributed by atoms with E-state index in [4.69, 9.17) is 18.1 Å². The fraction of sp³-hybridized carbons (Fsp3) is 0.258. The van der Waals surface area contributed by atoms with Crippen LogP contribution in [0.3, 0.4) is 0 Å². The fourth-order valence-electron chi connectivity index (χ4n) is 5.30. The molecule has 2 heterocycles. The Bertz CT molecular complexity index is 1930. The second-order valence-electron chi connectivity index (χ2n) is 9.06. The zero-order valence-corrected chi connectivity index (χ0v) is 18.7. The van der Waals surface area contributed by atoms with Gasteiger partial charge in [-0.2, -0.15) is 0 Å². The van der Waals surface area contributed by atoms with Gasteiger partial charge >= 0.3 is 0 Å². The number of furan rings is 1. The van der Waals surface area contributed by atoms with Crippen molar-refractivity contribution in [3.05, 3.63) is 89.1 Å². The highest BCUT2D eigenvalue weighted by Gasteiger charge is 2.38. The van der Waals surface area contributed by atoms with E-state index in [0.29, 0.717) is 33.6 Å². The molecule has 1 aliphatic rings. The smallest absolute Gasteiger partial charge is 0.216 e. The molecule has 1 unspecified atom stereocenters. The Labute approximate surface area is 209 Å². The van der Waals surface area contributed by atoms with Crippen molar-refractivity contribution in [1.29, 1.82) is 0 Å². The molecule has 3 aromatic carbocycles. The van der Waals surface area contributed by atoms with Crippen LogP contribution in [0, 0.1) is 6.92 Å². The monoisotopic (exact) mass is 442 g/mol. The van der Waals surface area contributed by atoms with Crippen molar-refractivity contribution in [3.8, 4) is 22.4 Å². The Morgan fingerprint density at radius 2 is 1.76 bits per heavy atom. The Morgan fingerprint density at radius 1 is 0.970 bits per heavy atom. The molecule has 2 nitrogen and oxygen atoms in total. The Balaban J connectivity index is 1.69. The summed E-state index contributed by atoms with van der Waals surface area (Å²) in [5.41, 5.74) is 4.15. The number of hydrogen-bond donors (Lipinski definition) is 0. The molecule has 5 aromatic rings. The number of rotatable bonds is 2. The van der Waals surface area contributed by atoms with E-state index < -0.39 is 31.9 Å². The normalized spacial score (nSPS) is 23.1. The van der Waals surface area contributed by atoms with Crippen LogP contribution in [0.15, 0.2) is 71.3 Å². The average molecular weight is 443 g/mol. The number of nitrogens with zero attached hydrogens (tertiary/aromatic N) is 1. The van der Waals surface area contributed by atoms with E-state index >= 15 is 0 Å². The number of hydrogen-bond acceptors (Lipinski definition) is 1. The van der Waals surface area contributed by atoms with Crippen molar-refractivity contribution in [3.63, 3.8) is 0 Å². The summed E-state index contributed by atoms with van der Waals surface area (Å²) < 4.78 is 90.8. The first kappa shape index (κ1) is 12.2. The Hall–Kier alpha value is -3.39. The van der Waals surface area contributed by atoms with Gasteiger partial charge in [0.15, 0.2) is 6.20 Å². The summed E-state index contributed by atoms with van der Waals surface area (Å²) in [6.45, 7) is -5.06. The molecule has 0 aliphatic heterocycles. The third-order valence-electron chi connectivity index (χ3n) is 6.97. The summed E-state index contributed by atoms with van der Waals surface area (Å²) >= 11 is 0. The fourth-order valence-corrected chi connectivity index (χ4v) is 5.30. The second-order valence-corrected chi connectivity index (χ2v) is 9.06. The molecular weight excluding hydrogens is 402 g/mol. The highest BCUT2D eigenvalue weighted by Crippen LogP contribution is 2.53. The minimum atomic E-state index is -3.13. The maximum absolute atomic E-state index is 8.74. The van der Waals surface area contributed by atoms with Crippen LogP contribution in [0.5, 0.6) is 0 Å². The van der Waals surface area contributed by atoms with Crippen LogP contribution in [0.2, 0.25) is 0 Å². The topological polar surface area (TPSA) is 17.0 Å². The van der Waals surface area contributed by atoms with Crippen molar-refractivity contribution in [2.24, 2.45) is 7.05 Å². The van der Waals surface area contributed by atoms with Gasteiger partial charge in [-0.15, -0.1) is 0 Å². The first-order chi connectivity index (χ1) is 19.8. The predicted octanol–water partition coefficient (Wildman–Crippen LogP) is 7.82. The minimum absolute atomic E-state index is 0.167. The first-order valence-corrected chi connectivity index (χ1v) is 10.9. The number of aromatic nitrogens is 1. The van der Waals surface area contributed by atoms with E-state index in [9.17, 15) is 0 Å². The van der Waals surface area contributed by atoms with Crippen LogP contribution >= 0.6 is 0 Å². The SMILES string of the molecule is [2H]C([2H])([2H])C1(C)c2ccccc2-c2ccc3c(oc4c(-c5cc(C([2H])(C([2H])([2H])[2H])C([2H])([2H])[2H])cc[n+]5C)c(C)ccc43)c21. The van der Waals surface area contributed by atoms with Crippen LogP contribution < -0.4 is 4.57 Å². The maximum atomic E-state index is 8.74. The number of pyridine rings is 1. The summed E-state index contributed by atoms with van der Waals surface area (Å²) in [6, 6.07) is 17.9. The van der Waals surface area contributed by atoms with E-state index in [1.54, 1.807) is 24.7 Å². The van der Waals surface area contributed by atoms with E-state index in [-0.39, 0.29) is 5.56 Å². The molecule has 0 N–H and O–H groups in total. The van der Waals surface area contributed by atoms with E-state index in [1.807, 2.05) is 55.5 Å². The zero-order valence-electron chi connectivity index (χ0n) is 28.7. The quantitative estimate of drug-likeness (QED) is 0.255. The number of aryl methyl sites for hydroxylation is 2. The summed E-state index contributed by atoms with van der Waals surface area (Å²) in [6.07, 6.45) is 1.55. The molecule has 2 aromatic heterocycles. The van der Waals surface area contributed by atoms with Gasteiger partial charge in [0.25, 0.3) is 0 Å². The summed E-state index contributed by atoms with van der Waals surface area (Å²) in [5, 5.41) is 1.47. The standard InChI is InChI=1S/C31H30NO/c1-18(2)20-15-16-32(6)26(17-20)27-19(3)11-12-23-24-14-13-22-21-9-7-8-10-25(21)31(4,5)28(22)30(24)33-29(23)27/h7-18H,1-6H3/q+1/i1D3,2D3,4D3,18D. The summed E-state index contributed by atoms with van der Waals surface area (Å²) in [4.78, 5) is 0. The molecule has 0 saturated heterocycles. The third-order valence-corrected chi connectivity index (χ3v) is 6.97. The predicted molar refractivity (Wildman–Crippen MR) is 137 cm³/mol. The molecule has 0 bridgehead atoms. The summed E-state index contributed by atoms with van der Waals surface area (Å²) in [7, 11) is 1.75. The Kier molecular flexibility index (Phi) is 2.51. The van der Waals surface area contributed by atoms with Crippen LogP contribution in [0.25, 0.3) is 44.3 Å². The average Bonchev–Trinajstić information content (AvgIpc) is 3.41. The van der Waals surface area contributed by atoms with Crippen LogP contribution in [-0.4, -0.2) is 0 Å². The molecule has 0 fully saturated rings. The molecule has 0 saturated carbocycles. The summed E-state index contributed by atoms with van der Waals surface area (Å²) in [5.74, 6) is -2.87. The molecule has 0 amide bonds. The van der Waals surface area contributed by atoms with Crippen LogP contribution in [-0.2, 0) is 12.5 Å². The third kappa shape index (κ3) is 2.70. The molecule has 1 aliphatic carbocycles. The van der Waals surface area contributed by atoms with E-state index in [0.717, 1.165) is 27.5 Å². The highest BCUT2D eigenvalue weighted by molar-refractivity contribution is 6.12. The van der Waals surface area contributed by atoms with Gasteiger partial charge in [-0.05, 0) is 46.7 Å². The zero-order chi connectivity index (χ0) is 31.5. The first-order valence-electron chi connectivity index (χ1n) is 15.9. The van der Waals surface area contributed by atoms with Gasteiger partial charge < -0.3 is 4.42 Å². The van der Waals surface area contributed by atoms with Gasteiger partial charge in [0.2, 0.25) is 5.69 Å². The lowest BCUT2D eigenvalue weighted by molar-refractivity contribution is -0.660. The lowest BCUT2D eigenvalue weighted by Crippen LogP contribution is -2.31. The van der Waals surface area contributed by atoms with Gasteiger partial charge in [-0.3, -0.25) is 0 Å². The van der Waals surface area contributed by atoms with Gasteiger partial charge in [-0.25, -0.2) is 4.57 Å². The number of fused-ring (bicyclic) bond motifs is 7. The van der Waals surface area contributed by atoms with Crippen molar-refractivity contribution in [1.82, 2.24) is 0 Å². The molecule has 164 valence electrons. The Morgan fingerprint density at radius 3 is 2.58 bits per heavy atom. The molecule has 2 heteroatoms. The van der Waals surface area contributed by atoms with Gasteiger partial charge in [0.05, 0.1) is 5.56 Å². The van der Waals surface area contributed by atoms with Crippen molar-refractivity contribution in [2.45, 2.75) is 45.7 Å². The van der Waals surface area contributed by atoms with Gasteiger partial charge in [0.1, 0.15) is 18.2 Å². The molecule has 1 atom stereocenters.